The summed E-state index contributed by atoms with van der Waals surface area (Å²) in [5.41, 5.74) is 0. The molecule has 0 aromatic rings. The van der Waals surface area contributed by atoms with Crippen molar-refractivity contribution < 1.29 is 9.47 Å². The number of nitrogens with zero attached hydrogens (tertiary/aromatic N) is 1. The van der Waals surface area contributed by atoms with Crippen molar-refractivity contribution in [3.63, 3.8) is 0 Å². The van der Waals surface area contributed by atoms with Gasteiger partial charge >= 0.3 is 0 Å². The highest BCUT2D eigenvalue weighted by atomic mass is 16.7. The van der Waals surface area contributed by atoms with E-state index in [-0.39, 0.29) is 12.3 Å². The van der Waals surface area contributed by atoms with Crippen molar-refractivity contribution in [2.24, 2.45) is 0 Å². The second-order valence-corrected chi connectivity index (χ2v) is 2.77. The van der Waals surface area contributed by atoms with Crippen LogP contribution in [-0.4, -0.2) is 25.5 Å². The van der Waals surface area contributed by atoms with Gasteiger partial charge in [-0.3, -0.25) is 0 Å². The van der Waals surface area contributed by atoms with Gasteiger partial charge in [-0.2, -0.15) is 0 Å². The molecule has 0 bridgehead atoms. The molecule has 0 aromatic carbocycles. The molecule has 3 nitrogen and oxygen atoms in total. The molecule has 0 aliphatic carbocycles. The molecular formula is C10H19NO2. The van der Waals surface area contributed by atoms with E-state index in [1.807, 2.05) is 20.8 Å². The van der Waals surface area contributed by atoms with Crippen molar-refractivity contribution in [3.05, 3.63) is 11.4 Å². The number of rotatable bonds is 7. The average molecular weight is 185 g/mol. The molecule has 0 spiro atoms. The monoisotopic (exact) mass is 185 g/mol. The highest BCUT2D eigenvalue weighted by Crippen LogP contribution is 2.10. The van der Waals surface area contributed by atoms with Crippen molar-refractivity contribution in [2.45, 2.75) is 45.9 Å². The molecule has 3 heteroatoms. The Hall–Kier alpha value is -0.590. The van der Waals surface area contributed by atoms with E-state index in [4.69, 9.17) is 16.0 Å². The Morgan fingerprint density at radius 1 is 1.15 bits per heavy atom. The lowest BCUT2D eigenvalue weighted by atomic mass is 10.1. The third kappa shape index (κ3) is 5.62. The fraction of sp³-hybridized carbons (Fsp3) is 0.900. The van der Waals surface area contributed by atoms with Gasteiger partial charge in [0.1, 0.15) is 0 Å². The van der Waals surface area contributed by atoms with Crippen molar-refractivity contribution in [3.8, 4) is 0 Å². The van der Waals surface area contributed by atoms with E-state index >= 15 is 0 Å². The van der Waals surface area contributed by atoms with Gasteiger partial charge in [0.2, 0.25) is 6.04 Å². The Morgan fingerprint density at radius 2 is 1.69 bits per heavy atom. The van der Waals surface area contributed by atoms with Crippen LogP contribution in [0.1, 0.15) is 33.6 Å². The van der Waals surface area contributed by atoms with Gasteiger partial charge in [-0.05, 0) is 13.8 Å². The minimum absolute atomic E-state index is 0.0306. The van der Waals surface area contributed by atoms with Gasteiger partial charge in [-0.25, -0.2) is 6.57 Å². The van der Waals surface area contributed by atoms with E-state index < -0.39 is 0 Å². The first-order valence-corrected chi connectivity index (χ1v) is 4.88. The molecule has 0 radical (unpaired) electrons. The van der Waals surface area contributed by atoms with Gasteiger partial charge in [0.25, 0.3) is 0 Å². The SMILES string of the molecule is [C-]#[N+]C(CC)CC(OCC)OCC. The molecule has 76 valence electrons. The van der Waals surface area contributed by atoms with Crippen LogP contribution in [0.15, 0.2) is 0 Å². The van der Waals surface area contributed by atoms with E-state index in [1.165, 1.54) is 0 Å². The summed E-state index contributed by atoms with van der Waals surface area (Å²) in [6, 6.07) is 0.0306. The predicted molar refractivity (Wildman–Crippen MR) is 52.3 cm³/mol. The topological polar surface area (TPSA) is 22.8 Å². The van der Waals surface area contributed by atoms with Crippen LogP contribution in [0, 0.1) is 6.57 Å². The molecule has 0 amide bonds. The average Bonchev–Trinajstić information content (AvgIpc) is 2.14. The Bertz CT molecular complexity index is 147. The van der Waals surface area contributed by atoms with Gasteiger partial charge in [0, 0.05) is 19.6 Å². The minimum atomic E-state index is -0.200. The lowest BCUT2D eigenvalue weighted by Crippen LogP contribution is -2.22. The largest absolute Gasteiger partial charge is 0.353 e. The summed E-state index contributed by atoms with van der Waals surface area (Å²) in [6.07, 6.45) is 1.34. The zero-order valence-electron chi connectivity index (χ0n) is 8.75. The highest BCUT2D eigenvalue weighted by molar-refractivity contribution is 4.77. The molecule has 0 aliphatic heterocycles. The predicted octanol–water partition coefficient (Wildman–Crippen LogP) is 2.47. The maximum absolute atomic E-state index is 6.93. The van der Waals surface area contributed by atoms with Crippen LogP contribution in [-0.2, 0) is 9.47 Å². The molecule has 0 saturated heterocycles. The van der Waals surface area contributed by atoms with Gasteiger partial charge in [-0.15, -0.1) is 0 Å². The van der Waals surface area contributed by atoms with Crippen molar-refractivity contribution in [1.29, 1.82) is 0 Å². The smallest absolute Gasteiger partial charge is 0.228 e. The first-order chi connectivity index (χ1) is 6.28. The van der Waals surface area contributed by atoms with Crippen LogP contribution in [0.5, 0.6) is 0 Å². The molecule has 0 aromatic heterocycles. The summed E-state index contributed by atoms with van der Waals surface area (Å²) in [5, 5.41) is 0. The minimum Gasteiger partial charge on any atom is -0.353 e. The zero-order valence-corrected chi connectivity index (χ0v) is 8.75. The third-order valence-electron chi connectivity index (χ3n) is 1.82. The van der Waals surface area contributed by atoms with Gasteiger partial charge in [0.05, 0.1) is 6.42 Å². The quantitative estimate of drug-likeness (QED) is 0.449. The van der Waals surface area contributed by atoms with Crippen LogP contribution in [0.4, 0.5) is 0 Å². The molecule has 0 fully saturated rings. The summed E-state index contributed by atoms with van der Waals surface area (Å²) < 4.78 is 10.7. The second kappa shape index (κ2) is 8.03. The van der Waals surface area contributed by atoms with E-state index in [0.717, 1.165) is 6.42 Å². The van der Waals surface area contributed by atoms with Crippen LogP contribution >= 0.6 is 0 Å². The molecule has 0 rings (SSSR count). The van der Waals surface area contributed by atoms with Crippen LogP contribution < -0.4 is 0 Å². The number of ether oxygens (including phenoxy) is 2. The molecule has 0 aliphatic rings. The number of hydrogen-bond donors (Lipinski definition) is 0. The lowest BCUT2D eigenvalue weighted by Gasteiger charge is -2.16. The molecule has 13 heavy (non-hydrogen) atoms. The van der Waals surface area contributed by atoms with Gasteiger partial charge in [0.15, 0.2) is 6.29 Å². The van der Waals surface area contributed by atoms with Gasteiger partial charge in [-0.1, -0.05) is 6.92 Å². The van der Waals surface area contributed by atoms with Crippen molar-refractivity contribution in [1.82, 2.24) is 0 Å². The van der Waals surface area contributed by atoms with Crippen LogP contribution in [0.3, 0.4) is 0 Å². The first-order valence-electron chi connectivity index (χ1n) is 4.88. The maximum atomic E-state index is 6.93. The Balaban J connectivity index is 3.85. The van der Waals surface area contributed by atoms with Crippen LogP contribution in [0.25, 0.3) is 4.85 Å². The van der Waals surface area contributed by atoms with E-state index in [1.54, 1.807) is 0 Å². The van der Waals surface area contributed by atoms with Crippen molar-refractivity contribution in [2.75, 3.05) is 13.2 Å². The van der Waals surface area contributed by atoms with Crippen molar-refractivity contribution >= 4 is 0 Å². The lowest BCUT2D eigenvalue weighted by molar-refractivity contribution is -0.140. The van der Waals surface area contributed by atoms with E-state index in [9.17, 15) is 0 Å². The van der Waals surface area contributed by atoms with E-state index in [0.29, 0.717) is 19.6 Å². The summed E-state index contributed by atoms with van der Waals surface area (Å²) in [5.74, 6) is 0. The second-order valence-electron chi connectivity index (χ2n) is 2.77. The molecule has 1 unspecified atom stereocenters. The Labute approximate surface area is 80.9 Å². The molecule has 0 N–H and O–H groups in total. The Kier molecular flexibility index (Phi) is 7.66. The number of hydrogen-bond acceptors (Lipinski definition) is 2. The normalized spacial score (nSPS) is 12.8. The fourth-order valence-corrected chi connectivity index (χ4v) is 1.09. The standard InChI is InChI=1S/C10H19NO2/c1-5-9(11-4)8-10(12-6-2)13-7-3/h9-10H,5-8H2,1-3H3. The maximum Gasteiger partial charge on any atom is 0.228 e. The molecule has 0 saturated carbocycles. The summed E-state index contributed by atoms with van der Waals surface area (Å²) in [7, 11) is 0. The fourth-order valence-electron chi connectivity index (χ4n) is 1.09. The van der Waals surface area contributed by atoms with E-state index in [2.05, 4.69) is 4.85 Å². The van der Waals surface area contributed by atoms with Gasteiger partial charge < -0.3 is 14.3 Å². The first kappa shape index (κ1) is 12.4. The zero-order chi connectivity index (χ0) is 10.1. The Morgan fingerprint density at radius 3 is 2.00 bits per heavy atom. The highest BCUT2D eigenvalue weighted by Gasteiger charge is 2.18. The molecular weight excluding hydrogens is 166 g/mol. The molecule has 1 atom stereocenters. The summed E-state index contributed by atoms with van der Waals surface area (Å²) in [4.78, 5) is 3.50. The molecule has 0 heterocycles. The van der Waals surface area contributed by atoms with Crippen LogP contribution in [0.2, 0.25) is 0 Å². The third-order valence-corrected chi connectivity index (χ3v) is 1.82. The summed E-state index contributed by atoms with van der Waals surface area (Å²) in [6.45, 7) is 14.1. The summed E-state index contributed by atoms with van der Waals surface area (Å²) >= 11 is 0.